The molecule has 0 unspecified atom stereocenters. The van der Waals surface area contributed by atoms with Crippen molar-refractivity contribution < 1.29 is 9.90 Å². The van der Waals surface area contributed by atoms with Crippen LogP contribution in [-0.4, -0.2) is 35.1 Å². The quantitative estimate of drug-likeness (QED) is 0.825. The molecule has 0 bridgehead atoms. The molecule has 0 atom stereocenters. The molecular weight excluding hydrogens is 238 g/mol. The van der Waals surface area contributed by atoms with Crippen molar-refractivity contribution in [3.05, 3.63) is 42.0 Å². The summed E-state index contributed by atoms with van der Waals surface area (Å²) in [5.41, 5.74) is 1.02. The topological polar surface area (TPSA) is 40.5 Å². The lowest BCUT2D eigenvalue weighted by molar-refractivity contribution is -0.128. The Morgan fingerprint density at radius 1 is 1.26 bits per heavy atom. The van der Waals surface area contributed by atoms with E-state index < -0.39 is 0 Å². The van der Waals surface area contributed by atoms with Crippen molar-refractivity contribution in [2.24, 2.45) is 0 Å². The summed E-state index contributed by atoms with van der Waals surface area (Å²) in [6.07, 6.45) is 7.94. The third kappa shape index (κ3) is 3.93. The molecule has 1 saturated carbocycles. The van der Waals surface area contributed by atoms with Gasteiger partial charge in [0, 0.05) is 18.7 Å². The molecule has 1 aromatic rings. The van der Waals surface area contributed by atoms with Gasteiger partial charge in [-0.15, -0.1) is 0 Å². The van der Waals surface area contributed by atoms with Gasteiger partial charge < -0.3 is 10.0 Å². The lowest BCUT2D eigenvalue weighted by atomic mass is 10.2. The molecule has 102 valence electrons. The minimum atomic E-state index is 0.00445. The number of amides is 1. The molecule has 0 aromatic heterocycles. The van der Waals surface area contributed by atoms with Gasteiger partial charge in [0.05, 0.1) is 6.61 Å². The highest BCUT2D eigenvalue weighted by Crippen LogP contribution is 2.23. The average Bonchev–Trinajstić information content (AvgIpc) is 2.97. The lowest BCUT2D eigenvalue weighted by Crippen LogP contribution is -2.39. The van der Waals surface area contributed by atoms with Crippen LogP contribution in [0.1, 0.15) is 31.2 Å². The number of rotatable bonds is 5. The summed E-state index contributed by atoms with van der Waals surface area (Å²) in [5, 5.41) is 9.11. The Balaban J connectivity index is 2.00. The summed E-state index contributed by atoms with van der Waals surface area (Å²) < 4.78 is 0. The number of carbonyl (C=O) groups is 1. The van der Waals surface area contributed by atoms with Crippen LogP contribution in [0.2, 0.25) is 0 Å². The summed E-state index contributed by atoms with van der Waals surface area (Å²) in [4.78, 5) is 14.0. The second kappa shape index (κ2) is 7.10. The summed E-state index contributed by atoms with van der Waals surface area (Å²) in [7, 11) is 0. The standard InChI is InChI=1S/C16H21NO2/c18-13-12-17(15-8-4-5-9-15)16(19)11-10-14-6-2-1-3-7-14/h1-3,6-7,10-11,15,18H,4-5,8-9,12-13H2/b11-10+. The molecule has 2 rings (SSSR count). The first-order chi connectivity index (χ1) is 9.31. The molecule has 1 fully saturated rings. The molecule has 1 aromatic carbocycles. The van der Waals surface area contributed by atoms with E-state index in [-0.39, 0.29) is 12.5 Å². The van der Waals surface area contributed by atoms with E-state index in [2.05, 4.69) is 0 Å². The summed E-state index contributed by atoms with van der Waals surface area (Å²) in [6.45, 7) is 0.462. The molecule has 0 spiro atoms. The largest absolute Gasteiger partial charge is 0.395 e. The second-order valence-corrected chi connectivity index (χ2v) is 4.94. The fourth-order valence-corrected chi connectivity index (χ4v) is 2.62. The van der Waals surface area contributed by atoms with Crippen molar-refractivity contribution in [1.82, 2.24) is 4.90 Å². The van der Waals surface area contributed by atoms with Crippen LogP contribution in [0.15, 0.2) is 36.4 Å². The number of nitrogens with zero attached hydrogens (tertiary/aromatic N) is 1. The van der Waals surface area contributed by atoms with Crippen molar-refractivity contribution >= 4 is 12.0 Å². The van der Waals surface area contributed by atoms with E-state index in [9.17, 15) is 4.79 Å². The molecule has 0 saturated heterocycles. The Kier molecular flexibility index (Phi) is 5.16. The van der Waals surface area contributed by atoms with Crippen LogP contribution in [0.4, 0.5) is 0 Å². The molecule has 1 aliphatic carbocycles. The molecule has 0 aliphatic heterocycles. The SMILES string of the molecule is O=C(/C=C/c1ccccc1)N(CCO)C1CCCC1. The predicted molar refractivity (Wildman–Crippen MR) is 76.5 cm³/mol. The second-order valence-electron chi connectivity index (χ2n) is 4.94. The van der Waals surface area contributed by atoms with Gasteiger partial charge in [0.15, 0.2) is 0 Å². The summed E-state index contributed by atoms with van der Waals surface area (Å²) in [5.74, 6) is 0.00445. The van der Waals surface area contributed by atoms with Gasteiger partial charge in [-0.1, -0.05) is 43.2 Å². The average molecular weight is 259 g/mol. The molecule has 3 nitrogen and oxygen atoms in total. The van der Waals surface area contributed by atoms with Crippen LogP contribution in [0.25, 0.3) is 6.08 Å². The molecule has 1 amide bonds. The van der Waals surface area contributed by atoms with Crippen LogP contribution in [-0.2, 0) is 4.79 Å². The van der Waals surface area contributed by atoms with Gasteiger partial charge in [0.25, 0.3) is 0 Å². The van der Waals surface area contributed by atoms with Crippen molar-refractivity contribution in [2.75, 3.05) is 13.2 Å². The highest BCUT2D eigenvalue weighted by molar-refractivity contribution is 5.92. The third-order valence-corrected chi connectivity index (χ3v) is 3.61. The van der Waals surface area contributed by atoms with Crippen molar-refractivity contribution in [2.45, 2.75) is 31.7 Å². The van der Waals surface area contributed by atoms with Gasteiger partial charge >= 0.3 is 0 Å². The normalized spacial score (nSPS) is 16.1. The predicted octanol–water partition coefficient (Wildman–Crippen LogP) is 2.46. The first-order valence-electron chi connectivity index (χ1n) is 6.96. The summed E-state index contributed by atoms with van der Waals surface area (Å²) in [6, 6.07) is 10.1. The third-order valence-electron chi connectivity index (χ3n) is 3.61. The monoisotopic (exact) mass is 259 g/mol. The van der Waals surface area contributed by atoms with Gasteiger partial charge in [-0.05, 0) is 24.5 Å². The molecule has 3 heteroatoms. The van der Waals surface area contributed by atoms with E-state index in [4.69, 9.17) is 5.11 Å². The maximum Gasteiger partial charge on any atom is 0.246 e. The van der Waals surface area contributed by atoms with Crippen LogP contribution in [0.3, 0.4) is 0 Å². The highest BCUT2D eigenvalue weighted by Gasteiger charge is 2.24. The van der Waals surface area contributed by atoms with Gasteiger partial charge in [-0.3, -0.25) is 4.79 Å². The van der Waals surface area contributed by atoms with E-state index >= 15 is 0 Å². The van der Waals surface area contributed by atoms with Gasteiger partial charge in [0.2, 0.25) is 5.91 Å². The molecule has 1 N–H and O–H groups in total. The zero-order chi connectivity index (χ0) is 13.5. The van der Waals surface area contributed by atoms with Crippen molar-refractivity contribution in [1.29, 1.82) is 0 Å². The molecule has 1 aliphatic rings. The van der Waals surface area contributed by atoms with Crippen LogP contribution in [0, 0.1) is 0 Å². The van der Waals surface area contributed by atoms with Gasteiger partial charge in [-0.25, -0.2) is 0 Å². The minimum absolute atomic E-state index is 0.00445. The zero-order valence-electron chi connectivity index (χ0n) is 11.2. The van der Waals surface area contributed by atoms with Crippen molar-refractivity contribution in [3.8, 4) is 0 Å². The van der Waals surface area contributed by atoms with E-state index in [0.29, 0.717) is 12.6 Å². The molecule has 0 radical (unpaired) electrons. The summed E-state index contributed by atoms with van der Waals surface area (Å²) >= 11 is 0. The van der Waals surface area contributed by atoms with Gasteiger partial charge in [-0.2, -0.15) is 0 Å². The zero-order valence-corrected chi connectivity index (χ0v) is 11.2. The number of aliphatic hydroxyl groups excluding tert-OH is 1. The van der Waals surface area contributed by atoms with Crippen LogP contribution < -0.4 is 0 Å². The highest BCUT2D eigenvalue weighted by atomic mass is 16.3. The fourth-order valence-electron chi connectivity index (χ4n) is 2.62. The maximum absolute atomic E-state index is 12.2. The van der Waals surface area contributed by atoms with Crippen LogP contribution in [0.5, 0.6) is 0 Å². The van der Waals surface area contributed by atoms with Crippen LogP contribution >= 0.6 is 0 Å². The Morgan fingerprint density at radius 2 is 1.95 bits per heavy atom. The van der Waals surface area contributed by atoms with Gasteiger partial charge in [0.1, 0.15) is 0 Å². The number of aliphatic hydroxyl groups is 1. The molecular formula is C16H21NO2. The van der Waals surface area contributed by atoms with E-state index in [0.717, 1.165) is 18.4 Å². The lowest BCUT2D eigenvalue weighted by Gasteiger charge is -2.27. The molecule has 19 heavy (non-hydrogen) atoms. The van der Waals surface area contributed by atoms with E-state index in [1.54, 1.807) is 6.08 Å². The number of benzene rings is 1. The number of hydrogen-bond donors (Lipinski definition) is 1. The Hall–Kier alpha value is -1.61. The Labute approximate surface area is 114 Å². The van der Waals surface area contributed by atoms with Crippen molar-refractivity contribution in [3.63, 3.8) is 0 Å². The maximum atomic E-state index is 12.2. The smallest absolute Gasteiger partial charge is 0.246 e. The number of carbonyl (C=O) groups excluding carboxylic acids is 1. The first-order valence-corrected chi connectivity index (χ1v) is 6.96. The molecule has 0 heterocycles. The Bertz CT molecular complexity index is 422. The minimum Gasteiger partial charge on any atom is -0.395 e. The van der Waals surface area contributed by atoms with E-state index in [1.807, 2.05) is 41.3 Å². The fraction of sp³-hybridized carbons (Fsp3) is 0.438. The Morgan fingerprint density at radius 3 is 2.58 bits per heavy atom. The first kappa shape index (κ1) is 13.8. The number of hydrogen-bond acceptors (Lipinski definition) is 2. The van der Waals surface area contributed by atoms with E-state index in [1.165, 1.54) is 12.8 Å².